The van der Waals surface area contributed by atoms with E-state index in [9.17, 15) is 9.65 Å². The van der Waals surface area contributed by atoms with Crippen LogP contribution >= 0.6 is 11.6 Å². The first-order chi connectivity index (χ1) is 20.6. The molecule has 0 amide bonds. The van der Waals surface area contributed by atoms with Crippen molar-refractivity contribution < 1.29 is 18.6 Å². The SMILES string of the molecule is N#Cc1cncc(COc2cc(OC3CCc4c(-c5ccccc5F)cccc43)c(Cl)cc2CNC2CCOCC2)c1. The van der Waals surface area contributed by atoms with Crippen LogP contribution in [-0.4, -0.2) is 24.2 Å². The molecule has 2 aliphatic rings. The smallest absolute Gasteiger partial charge is 0.142 e. The van der Waals surface area contributed by atoms with Gasteiger partial charge in [0, 0.05) is 61.0 Å². The summed E-state index contributed by atoms with van der Waals surface area (Å²) >= 11 is 6.81. The predicted octanol–water partition coefficient (Wildman–Crippen LogP) is 7.33. The number of nitrogens with one attached hydrogen (secondary N) is 1. The Balaban J connectivity index is 1.26. The molecule has 0 radical (unpaired) electrons. The molecule has 8 heteroatoms. The summed E-state index contributed by atoms with van der Waals surface area (Å²) in [4.78, 5) is 4.15. The lowest BCUT2D eigenvalue weighted by molar-refractivity contribution is 0.0775. The summed E-state index contributed by atoms with van der Waals surface area (Å²) in [6, 6.07) is 20.8. The van der Waals surface area contributed by atoms with Crippen molar-refractivity contribution in [1.82, 2.24) is 10.3 Å². The summed E-state index contributed by atoms with van der Waals surface area (Å²) in [6.07, 6.45) is 6.43. The summed E-state index contributed by atoms with van der Waals surface area (Å²) in [5.74, 6) is 0.940. The quantitative estimate of drug-likeness (QED) is 0.222. The van der Waals surface area contributed by atoms with Gasteiger partial charge in [0.2, 0.25) is 0 Å². The highest BCUT2D eigenvalue weighted by Gasteiger charge is 2.28. The zero-order chi connectivity index (χ0) is 28.9. The fourth-order valence-corrected chi connectivity index (χ4v) is 5.94. The van der Waals surface area contributed by atoms with E-state index in [1.807, 2.05) is 42.5 Å². The van der Waals surface area contributed by atoms with Gasteiger partial charge in [0.05, 0.1) is 10.6 Å². The second-order valence-corrected chi connectivity index (χ2v) is 11.0. The topological polar surface area (TPSA) is 76.4 Å². The Hall–Kier alpha value is -3.96. The molecule has 6 rings (SSSR count). The van der Waals surface area contributed by atoms with Crippen LogP contribution in [0.4, 0.5) is 4.39 Å². The minimum atomic E-state index is -0.236. The molecule has 0 bridgehead atoms. The van der Waals surface area contributed by atoms with Gasteiger partial charge in [-0.15, -0.1) is 0 Å². The highest BCUT2D eigenvalue weighted by Crippen LogP contribution is 2.43. The van der Waals surface area contributed by atoms with Gasteiger partial charge >= 0.3 is 0 Å². The van der Waals surface area contributed by atoms with Gasteiger partial charge in [-0.3, -0.25) is 4.98 Å². The number of aromatic nitrogens is 1. The fraction of sp³-hybridized carbons (Fsp3) is 0.294. The number of hydrogen-bond acceptors (Lipinski definition) is 6. The van der Waals surface area contributed by atoms with E-state index in [1.165, 1.54) is 12.3 Å². The molecular weight excluding hydrogens is 553 g/mol. The van der Waals surface area contributed by atoms with E-state index in [1.54, 1.807) is 18.3 Å². The highest BCUT2D eigenvalue weighted by molar-refractivity contribution is 6.32. The summed E-state index contributed by atoms with van der Waals surface area (Å²) in [5, 5.41) is 13.4. The molecule has 2 heterocycles. The van der Waals surface area contributed by atoms with E-state index in [2.05, 4.69) is 16.4 Å². The Kier molecular flexibility index (Phi) is 8.66. The zero-order valence-corrected chi connectivity index (χ0v) is 23.9. The van der Waals surface area contributed by atoms with Crippen molar-refractivity contribution in [2.24, 2.45) is 0 Å². The molecule has 0 saturated carbocycles. The maximum Gasteiger partial charge on any atom is 0.142 e. The molecular formula is C34H31ClFN3O3. The van der Waals surface area contributed by atoms with Crippen LogP contribution in [0.3, 0.4) is 0 Å². The first kappa shape index (κ1) is 28.2. The van der Waals surface area contributed by atoms with Crippen LogP contribution in [0, 0.1) is 17.1 Å². The number of hydrogen-bond donors (Lipinski definition) is 1. The van der Waals surface area contributed by atoms with Gasteiger partial charge in [0.15, 0.2) is 0 Å². The van der Waals surface area contributed by atoms with Crippen LogP contribution in [0.2, 0.25) is 5.02 Å². The monoisotopic (exact) mass is 583 g/mol. The Morgan fingerprint density at radius 3 is 2.67 bits per heavy atom. The molecule has 1 unspecified atom stereocenters. The lowest BCUT2D eigenvalue weighted by atomic mass is 9.96. The number of nitriles is 1. The van der Waals surface area contributed by atoms with Gasteiger partial charge in [-0.25, -0.2) is 4.39 Å². The number of fused-ring (bicyclic) bond motifs is 1. The third kappa shape index (κ3) is 6.27. The normalized spacial score (nSPS) is 16.5. The number of ether oxygens (including phenoxy) is 3. The minimum absolute atomic E-state index is 0.222. The Bertz CT molecular complexity index is 1620. The molecule has 3 aromatic carbocycles. The van der Waals surface area contributed by atoms with E-state index in [0.717, 1.165) is 66.7 Å². The van der Waals surface area contributed by atoms with E-state index in [-0.39, 0.29) is 18.5 Å². The second-order valence-electron chi connectivity index (χ2n) is 10.6. The standard InChI is InChI=1S/C34H31ClFN3O3/c35-30-15-24(20-39-25-10-12-40-13-11-25)33(41-21-23-14-22(17-37)18-38-19-23)16-34(30)42-32-9-8-27-26(5-3-6-29(27)32)28-4-1-2-7-31(28)36/h1-7,14-16,18-19,25,32,39H,8-13,20-21H2. The molecule has 1 atom stereocenters. The molecule has 1 aromatic heterocycles. The molecule has 1 aliphatic heterocycles. The number of halogens is 2. The van der Waals surface area contributed by atoms with Gasteiger partial charge in [0.1, 0.15) is 36.1 Å². The summed E-state index contributed by atoms with van der Waals surface area (Å²) < 4.78 is 33.0. The fourth-order valence-electron chi connectivity index (χ4n) is 5.71. The van der Waals surface area contributed by atoms with E-state index < -0.39 is 0 Å². The van der Waals surface area contributed by atoms with E-state index >= 15 is 0 Å². The van der Waals surface area contributed by atoms with Gasteiger partial charge in [-0.05, 0) is 60.6 Å². The van der Waals surface area contributed by atoms with E-state index in [4.69, 9.17) is 25.8 Å². The Morgan fingerprint density at radius 2 is 1.83 bits per heavy atom. The van der Waals surface area contributed by atoms with Crippen LogP contribution in [0.25, 0.3) is 11.1 Å². The molecule has 42 heavy (non-hydrogen) atoms. The lowest BCUT2D eigenvalue weighted by Crippen LogP contribution is -2.34. The Labute approximate surface area is 250 Å². The van der Waals surface area contributed by atoms with Crippen molar-refractivity contribution in [2.75, 3.05) is 13.2 Å². The van der Waals surface area contributed by atoms with Gasteiger partial charge < -0.3 is 19.5 Å². The predicted molar refractivity (Wildman–Crippen MR) is 159 cm³/mol. The van der Waals surface area contributed by atoms with Crippen LogP contribution < -0.4 is 14.8 Å². The maximum atomic E-state index is 14.6. The average Bonchev–Trinajstić information content (AvgIpc) is 3.44. The largest absolute Gasteiger partial charge is 0.488 e. The first-order valence-electron chi connectivity index (χ1n) is 14.2. The number of rotatable bonds is 9. The van der Waals surface area contributed by atoms with Crippen LogP contribution in [0.15, 0.2) is 73.1 Å². The average molecular weight is 584 g/mol. The third-order valence-corrected chi connectivity index (χ3v) is 8.18. The van der Waals surface area contributed by atoms with Crippen LogP contribution in [0.5, 0.6) is 11.5 Å². The van der Waals surface area contributed by atoms with Gasteiger partial charge in [-0.1, -0.05) is 48.0 Å². The highest BCUT2D eigenvalue weighted by atomic mass is 35.5. The van der Waals surface area contributed by atoms with Crippen molar-refractivity contribution in [3.8, 4) is 28.7 Å². The van der Waals surface area contributed by atoms with Crippen molar-refractivity contribution in [2.45, 2.75) is 51.0 Å². The molecule has 1 aliphatic carbocycles. The summed E-state index contributed by atoms with van der Waals surface area (Å²) in [6.45, 7) is 2.32. The molecule has 1 saturated heterocycles. The molecule has 214 valence electrons. The second kappa shape index (κ2) is 12.9. The number of nitrogens with zero attached hydrogens (tertiary/aromatic N) is 2. The van der Waals surface area contributed by atoms with Gasteiger partial charge in [0.25, 0.3) is 0 Å². The maximum absolute atomic E-state index is 14.6. The minimum Gasteiger partial charge on any atom is -0.488 e. The van der Waals surface area contributed by atoms with E-state index in [0.29, 0.717) is 40.2 Å². The number of benzene rings is 3. The third-order valence-electron chi connectivity index (χ3n) is 7.88. The lowest BCUT2D eigenvalue weighted by Gasteiger charge is -2.24. The molecule has 4 aromatic rings. The van der Waals surface area contributed by atoms with Crippen molar-refractivity contribution in [1.29, 1.82) is 5.26 Å². The zero-order valence-electron chi connectivity index (χ0n) is 23.1. The molecule has 6 nitrogen and oxygen atoms in total. The molecule has 0 spiro atoms. The first-order valence-corrected chi connectivity index (χ1v) is 14.6. The van der Waals surface area contributed by atoms with Crippen molar-refractivity contribution >= 4 is 11.6 Å². The van der Waals surface area contributed by atoms with Crippen LogP contribution in [-0.2, 0) is 24.3 Å². The molecule has 1 fully saturated rings. The van der Waals surface area contributed by atoms with Crippen molar-refractivity contribution in [3.63, 3.8) is 0 Å². The molecule has 1 N–H and O–H groups in total. The van der Waals surface area contributed by atoms with Crippen LogP contribution in [0.1, 0.15) is 53.2 Å². The number of pyridine rings is 1. The van der Waals surface area contributed by atoms with Crippen molar-refractivity contribution in [3.05, 3.63) is 112 Å². The summed E-state index contributed by atoms with van der Waals surface area (Å²) in [5.41, 5.74) is 5.82. The Morgan fingerprint density at radius 1 is 1.00 bits per heavy atom. The summed E-state index contributed by atoms with van der Waals surface area (Å²) in [7, 11) is 0. The van der Waals surface area contributed by atoms with Gasteiger partial charge in [-0.2, -0.15) is 5.26 Å².